The lowest BCUT2D eigenvalue weighted by atomic mass is 10.2. The van der Waals surface area contributed by atoms with Crippen molar-refractivity contribution in [3.05, 3.63) is 35.5 Å². The minimum absolute atomic E-state index is 0.147. The van der Waals surface area contributed by atoms with Gasteiger partial charge in [0.1, 0.15) is 12.2 Å². The number of hydrogen-bond donors (Lipinski definition) is 2. The van der Waals surface area contributed by atoms with Gasteiger partial charge in [0, 0.05) is 18.2 Å². The zero-order valence-electron chi connectivity index (χ0n) is 8.29. The number of amidine groups is 1. The highest BCUT2D eigenvalue weighted by molar-refractivity contribution is 6.01. The molecule has 79 valence electrons. The van der Waals surface area contributed by atoms with Crippen molar-refractivity contribution in [3.8, 4) is 0 Å². The first kappa shape index (κ1) is 9.05. The third-order valence-corrected chi connectivity index (χ3v) is 2.61. The molecule has 0 fully saturated rings. The molecule has 2 heterocycles. The minimum Gasteiger partial charge on any atom is -0.369 e. The van der Waals surface area contributed by atoms with Crippen molar-refractivity contribution in [3.63, 3.8) is 0 Å². The molecule has 6 nitrogen and oxygen atoms in total. The smallest absolute Gasteiger partial charge is 0.319 e. The average Bonchev–Trinajstić information content (AvgIpc) is 2.76. The van der Waals surface area contributed by atoms with Crippen LogP contribution in [0.15, 0.2) is 35.6 Å². The number of fused-ring (bicyclic) bond motifs is 3. The lowest BCUT2D eigenvalue weighted by molar-refractivity contribution is -0.729. The maximum absolute atomic E-state index is 10.8. The third-order valence-electron chi connectivity index (χ3n) is 2.61. The number of benzene rings is 1. The molecule has 6 heteroatoms. The van der Waals surface area contributed by atoms with Gasteiger partial charge in [0.05, 0.1) is 11.1 Å². The summed E-state index contributed by atoms with van der Waals surface area (Å²) in [6.07, 6.45) is 3.59. The second kappa shape index (κ2) is 3.14. The molecule has 0 amide bonds. The number of aliphatic imine (C=N–C) groups is 1. The predicted molar refractivity (Wildman–Crippen MR) is 58.4 cm³/mol. The molecule has 0 bridgehead atoms. The van der Waals surface area contributed by atoms with Crippen LogP contribution in [0.25, 0.3) is 0 Å². The van der Waals surface area contributed by atoms with Gasteiger partial charge in [-0.1, -0.05) is 0 Å². The zero-order chi connectivity index (χ0) is 11.1. The van der Waals surface area contributed by atoms with Gasteiger partial charge in [-0.15, -0.1) is 0 Å². The monoisotopic (exact) mass is 217 g/mol. The number of rotatable bonds is 1. The summed E-state index contributed by atoms with van der Waals surface area (Å²) in [7, 11) is 0. The van der Waals surface area contributed by atoms with Crippen molar-refractivity contribution in [2.75, 3.05) is 11.9 Å². The molecule has 0 atom stereocenters. The van der Waals surface area contributed by atoms with Crippen molar-refractivity contribution in [1.82, 2.24) is 4.90 Å². The first-order valence-electron chi connectivity index (χ1n) is 4.82. The van der Waals surface area contributed by atoms with Crippen LogP contribution >= 0.6 is 0 Å². The van der Waals surface area contributed by atoms with Crippen LogP contribution in [-0.4, -0.2) is 22.5 Å². The summed E-state index contributed by atoms with van der Waals surface area (Å²) in [4.78, 5) is 16.7. The molecular formula is C10H9N4O2+2. The van der Waals surface area contributed by atoms with E-state index in [0.717, 1.165) is 17.2 Å². The number of nitrogens with one attached hydrogen (secondary N) is 1. The molecule has 0 aliphatic carbocycles. The van der Waals surface area contributed by atoms with E-state index in [1.54, 1.807) is 24.4 Å². The highest BCUT2D eigenvalue weighted by Gasteiger charge is 2.36. The van der Waals surface area contributed by atoms with E-state index in [0.29, 0.717) is 6.54 Å². The third kappa shape index (κ3) is 1.20. The van der Waals surface area contributed by atoms with E-state index < -0.39 is 0 Å². The second-order valence-electron chi connectivity index (χ2n) is 3.54. The average molecular weight is 217 g/mol. The molecule has 2 aliphatic rings. The van der Waals surface area contributed by atoms with Crippen LogP contribution in [0.4, 0.5) is 17.1 Å². The van der Waals surface area contributed by atoms with Crippen molar-refractivity contribution in [2.24, 2.45) is 4.99 Å². The van der Waals surface area contributed by atoms with E-state index in [4.69, 9.17) is 5.21 Å². The molecule has 1 aromatic carbocycles. The Labute approximate surface area is 91.0 Å². The number of nitrogens with zero attached hydrogens (tertiary/aromatic N) is 3. The topological polar surface area (TPSA) is 70.6 Å². The zero-order valence-corrected chi connectivity index (χ0v) is 8.29. The molecule has 0 aromatic heterocycles. The van der Waals surface area contributed by atoms with E-state index in [9.17, 15) is 4.91 Å². The molecule has 0 saturated heterocycles. The molecule has 2 N–H and O–H groups in total. The Bertz CT molecular complexity index is 536. The summed E-state index contributed by atoms with van der Waals surface area (Å²) in [5, 5.41) is 12.0. The quantitative estimate of drug-likeness (QED) is 0.554. The van der Waals surface area contributed by atoms with Crippen LogP contribution in [-0.2, 0) is 0 Å². The highest BCUT2D eigenvalue weighted by Crippen LogP contribution is 2.33. The van der Waals surface area contributed by atoms with Crippen LogP contribution in [0.5, 0.6) is 0 Å². The predicted octanol–water partition coefficient (Wildman–Crippen LogP) is 1.57. The van der Waals surface area contributed by atoms with E-state index in [2.05, 4.69) is 10.3 Å². The summed E-state index contributed by atoms with van der Waals surface area (Å²) in [6.45, 7) is 0.605. The van der Waals surface area contributed by atoms with E-state index in [1.807, 2.05) is 11.1 Å². The Balaban J connectivity index is 2.09. The largest absolute Gasteiger partial charge is 0.369 e. The van der Waals surface area contributed by atoms with E-state index >= 15 is 0 Å². The van der Waals surface area contributed by atoms with Crippen molar-refractivity contribution in [1.29, 1.82) is 0 Å². The van der Waals surface area contributed by atoms with Gasteiger partial charge >= 0.3 is 5.69 Å². The Kier molecular flexibility index (Phi) is 1.78. The molecule has 0 unspecified atom stereocenters. The molecule has 1 aromatic rings. The van der Waals surface area contributed by atoms with Crippen molar-refractivity contribution in [2.45, 2.75) is 0 Å². The van der Waals surface area contributed by atoms with Gasteiger partial charge in [-0.2, -0.15) is 4.99 Å². The molecule has 16 heavy (non-hydrogen) atoms. The van der Waals surface area contributed by atoms with Gasteiger partial charge in [0.2, 0.25) is 5.69 Å². The van der Waals surface area contributed by atoms with Gasteiger partial charge in [0.25, 0.3) is 10.8 Å². The standard InChI is InChI=1S/C10H9N4O2/c15-14(16)7-1-2-9-8(5-7)12-6-10-11-3-4-13(9)10/h1-5,12H,6H2,(H,15,16)/q+2. The van der Waals surface area contributed by atoms with Crippen LogP contribution in [0.1, 0.15) is 0 Å². The number of hydrogen-bond acceptors (Lipinski definition) is 4. The van der Waals surface area contributed by atoms with Crippen LogP contribution in [0, 0.1) is 4.91 Å². The minimum atomic E-state index is -0.147. The van der Waals surface area contributed by atoms with Crippen LogP contribution in [0.2, 0.25) is 0 Å². The number of anilines is 2. The summed E-state index contributed by atoms with van der Waals surface area (Å²) in [5.41, 5.74) is 1.93. The van der Waals surface area contributed by atoms with Gasteiger partial charge in [-0.3, -0.25) is 0 Å². The van der Waals surface area contributed by atoms with Crippen LogP contribution in [0.3, 0.4) is 0 Å². The highest BCUT2D eigenvalue weighted by atomic mass is 16.6. The van der Waals surface area contributed by atoms with Gasteiger partial charge in [0.15, 0.2) is 6.20 Å². The van der Waals surface area contributed by atoms with Crippen LogP contribution < -0.4 is 10.2 Å². The SMILES string of the molecule is O=[N+](O)c1ccc2c(c1)NCC1=NC=C[N+]12. The first-order valence-corrected chi connectivity index (χ1v) is 4.82. The fraction of sp³-hybridized carbons (Fsp3) is 0.100. The lowest BCUT2D eigenvalue weighted by Crippen LogP contribution is -2.35. The maximum atomic E-state index is 10.8. The second-order valence-corrected chi connectivity index (χ2v) is 3.54. The molecule has 0 saturated carbocycles. The fourth-order valence-electron chi connectivity index (χ4n) is 1.85. The van der Waals surface area contributed by atoms with Crippen molar-refractivity contribution >= 4 is 22.9 Å². The van der Waals surface area contributed by atoms with Gasteiger partial charge < -0.3 is 5.32 Å². The van der Waals surface area contributed by atoms with Gasteiger partial charge in [-0.25, -0.2) is 5.21 Å². The summed E-state index contributed by atoms with van der Waals surface area (Å²) in [5.74, 6) is 0.920. The molecule has 0 spiro atoms. The van der Waals surface area contributed by atoms with Crippen molar-refractivity contribution < 1.29 is 10.1 Å². The Morgan fingerprint density at radius 2 is 2.38 bits per heavy atom. The normalized spacial score (nSPS) is 17.4. The molecule has 3 rings (SSSR count). The Morgan fingerprint density at radius 1 is 1.50 bits per heavy atom. The lowest BCUT2D eigenvalue weighted by Gasteiger charge is -2.15. The molecule has 2 aliphatic heterocycles. The summed E-state index contributed by atoms with van der Waals surface area (Å²) in [6, 6.07) is 4.93. The van der Waals surface area contributed by atoms with E-state index in [-0.39, 0.29) is 10.6 Å². The fourth-order valence-corrected chi connectivity index (χ4v) is 1.85. The first-order chi connectivity index (χ1) is 7.75. The Morgan fingerprint density at radius 3 is 3.19 bits per heavy atom. The summed E-state index contributed by atoms with van der Waals surface area (Å²) < 4.78 is 0. The molecule has 1 radical (unpaired) electrons. The Hall–Kier alpha value is -2.21. The maximum Gasteiger partial charge on any atom is 0.319 e. The van der Waals surface area contributed by atoms with E-state index in [1.165, 1.54) is 0 Å². The summed E-state index contributed by atoms with van der Waals surface area (Å²) >= 11 is 0. The molecular weight excluding hydrogens is 208 g/mol. The van der Waals surface area contributed by atoms with Gasteiger partial charge in [-0.05, 0) is 4.90 Å².